The fourth-order valence-electron chi connectivity index (χ4n) is 1.83. The van der Waals surface area contributed by atoms with Gasteiger partial charge in [0.2, 0.25) is 5.91 Å². The zero-order valence-corrected chi connectivity index (χ0v) is 13.7. The van der Waals surface area contributed by atoms with Crippen LogP contribution in [0.3, 0.4) is 0 Å². The number of hydrogen-bond donors (Lipinski definition) is 2. The molecular weight excluding hydrogens is 352 g/mol. The van der Waals surface area contributed by atoms with E-state index in [4.69, 9.17) is 11.6 Å². The van der Waals surface area contributed by atoms with Gasteiger partial charge in [-0.1, -0.05) is 45.7 Å². The standard InChI is InChI=1S/C16H16BrClN2O/c17-13-2-1-3-15(10-13)20-16(21)8-9-19-11-12-4-6-14(18)7-5-12/h1-7,10,19H,8-9,11H2,(H,20,21). The van der Waals surface area contributed by atoms with Crippen LogP contribution in [0.1, 0.15) is 12.0 Å². The molecule has 21 heavy (non-hydrogen) atoms. The number of benzene rings is 2. The van der Waals surface area contributed by atoms with E-state index in [1.165, 1.54) is 0 Å². The van der Waals surface area contributed by atoms with Gasteiger partial charge in [-0.2, -0.15) is 0 Å². The van der Waals surface area contributed by atoms with E-state index in [0.717, 1.165) is 27.3 Å². The molecule has 2 aromatic rings. The first-order valence-electron chi connectivity index (χ1n) is 6.64. The summed E-state index contributed by atoms with van der Waals surface area (Å²) in [5, 5.41) is 6.83. The number of anilines is 1. The fraction of sp³-hybridized carbons (Fsp3) is 0.188. The third-order valence-electron chi connectivity index (χ3n) is 2.88. The summed E-state index contributed by atoms with van der Waals surface area (Å²) in [6.45, 7) is 1.35. The summed E-state index contributed by atoms with van der Waals surface area (Å²) in [5.41, 5.74) is 1.94. The van der Waals surface area contributed by atoms with E-state index in [0.29, 0.717) is 13.0 Å². The highest BCUT2D eigenvalue weighted by Gasteiger charge is 2.02. The van der Waals surface area contributed by atoms with E-state index in [-0.39, 0.29) is 5.91 Å². The molecule has 5 heteroatoms. The van der Waals surface area contributed by atoms with Crippen molar-refractivity contribution in [1.29, 1.82) is 0 Å². The van der Waals surface area contributed by atoms with Crippen LogP contribution < -0.4 is 10.6 Å². The smallest absolute Gasteiger partial charge is 0.225 e. The number of hydrogen-bond acceptors (Lipinski definition) is 2. The molecule has 0 heterocycles. The summed E-state index contributed by atoms with van der Waals surface area (Å²) < 4.78 is 0.946. The number of rotatable bonds is 6. The van der Waals surface area contributed by atoms with Crippen LogP contribution in [0.15, 0.2) is 53.0 Å². The van der Waals surface area contributed by atoms with Gasteiger partial charge in [0.15, 0.2) is 0 Å². The lowest BCUT2D eigenvalue weighted by Crippen LogP contribution is -2.21. The molecule has 0 aliphatic rings. The normalized spacial score (nSPS) is 10.4. The van der Waals surface area contributed by atoms with Crippen LogP contribution in [0.25, 0.3) is 0 Å². The Balaban J connectivity index is 1.68. The summed E-state index contributed by atoms with van der Waals surface area (Å²) in [4.78, 5) is 11.8. The number of amides is 1. The minimum atomic E-state index is -0.00305. The minimum absolute atomic E-state index is 0.00305. The second-order valence-corrected chi connectivity index (χ2v) is 5.96. The molecule has 3 nitrogen and oxygen atoms in total. The zero-order valence-electron chi connectivity index (χ0n) is 11.4. The average molecular weight is 368 g/mol. The van der Waals surface area contributed by atoms with Gasteiger partial charge in [0.05, 0.1) is 0 Å². The second-order valence-electron chi connectivity index (χ2n) is 4.61. The van der Waals surface area contributed by atoms with Gasteiger partial charge in [-0.25, -0.2) is 0 Å². The summed E-state index contributed by atoms with van der Waals surface area (Å²) >= 11 is 9.20. The minimum Gasteiger partial charge on any atom is -0.326 e. The fourth-order valence-corrected chi connectivity index (χ4v) is 2.35. The number of nitrogens with one attached hydrogen (secondary N) is 2. The molecule has 0 aliphatic carbocycles. The van der Waals surface area contributed by atoms with Crippen LogP contribution in [-0.2, 0) is 11.3 Å². The molecule has 110 valence electrons. The lowest BCUT2D eigenvalue weighted by molar-refractivity contribution is -0.116. The first-order valence-corrected chi connectivity index (χ1v) is 7.81. The maximum Gasteiger partial charge on any atom is 0.225 e. The van der Waals surface area contributed by atoms with Gasteiger partial charge in [-0.15, -0.1) is 0 Å². The lowest BCUT2D eigenvalue weighted by atomic mass is 10.2. The molecule has 0 saturated carbocycles. The van der Waals surface area contributed by atoms with Gasteiger partial charge in [0.25, 0.3) is 0 Å². The summed E-state index contributed by atoms with van der Waals surface area (Å²) in [6, 6.07) is 15.2. The summed E-state index contributed by atoms with van der Waals surface area (Å²) in [6.07, 6.45) is 0.431. The highest BCUT2D eigenvalue weighted by molar-refractivity contribution is 9.10. The van der Waals surface area contributed by atoms with Gasteiger partial charge in [0, 0.05) is 34.7 Å². The van der Waals surface area contributed by atoms with Crippen LogP contribution in [0.5, 0.6) is 0 Å². The molecule has 0 saturated heterocycles. The van der Waals surface area contributed by atoms with Gasteiger partial charge in [-0.05, 0) is 35.9 Å². The van der Waals surface area contributed by atoms with Crippen molar-refractivity contribution in [2.24, 2.45) is 0 Å². The van der Waals surface area contributed by atoms with Crippen molar-refractivity contribution in [2.45, 2.75) is 13.0 Å². The Morgan fingerprint density at radius 2 is 1.90 bits per heavy atom. The van der Waals surface area contributed by atoms with Crippen molar-refractivity contribution in [3.8, 4) is 0 Å². The van der Waals surface area contributed by atoms with Crippen molar-refractivity contribution in [2.75, 3.05) is 11.9 Å². The number of halogens is 2. The van der Waals surface area contributed by atoms with E-state index in [2.05, 4.69) is 26.6 Å². The van der Waals surface area contributed by atoms with Crippen molar-refractivity contribution in [1.82, 2.24) is 5.32 Å². The average Bonchev–Trinajstić information content (AvgIpc) is 2.45. The predicted molar refractivity (Wildman–Crippen MR) is 90.5 cm³/mol. The molecule has 0 radical (unpaired) electrons. The Bertz CT molecular complexity index is 601. The van der Waals surface area contributed by atoms with Crippen molar-refractivity contribution in [3.63, 3.8) is 0 Å². The summed E-state index contributed by atoms with van der Waals surface area (Å²) in [7, 11) is 0. The Labute approximate surface area is 137 Å². The Morgan fingerprint density at radius 3 is 2.62 bits per heavy atom. The lowest BCUT2D eigenvalue weighted by Gasteiger charge is -2.07. The van der Waals surface area contributed by atoms with Crippen LogP contribution in [-0.4, -0.2) is 12.5 Å². The first kappa shape index (κ1) is 16.0. The Morgan fingerprint density at radius 1 is 1.14 bits per heavy atom. The zero-order chi connectivity index (χ0) is 15.1. The SMILES string of the molecule is O=C(CCNCc1ccc(Cl)cc1)Nc1cccc(Br)c1. The molecule has 2 rings (SSSR count). The molecule has 0 atom stereocenters. The topological polar surface area (TPSA) is 41.1 Å². The molecule has 2 aromatic carbocycles. The van der Waals surface area contributed by atoms with E-state index in [1.54, 1.807) is 0 Å². The third kappa shape index (κ3) is 5.87. The quantitative estimate of drug-likeness (QED) is 0.751. The van der Waals surface area contributed by atoms with Crippen molar-refractivity contribution < 1.29 is 4.79 Å². The molecule has 0 spiro atoms. The molecular formula is C16H16BrClN2O. The van der Waals surface area contributed by atoms with E-state index < -0.39 is 0 Å². The number of carbonyl (C=O) groups is 1. The van der Waals surface area contributed by atoms with Crippen molar-refractivity contribution in [3.05, 3.63) is 63.6 Å². The van der Waals surface area contributed by atoms with Crippen LogP contribution in [0, 0.1) is 0 Å². The Hall–Kier alpha value is -1.36. The third-order valence-corrected chi connectivity index (χ3v) is 3.62. The molecule has 0 fully saturated rings. The molecule has 0 unspecified atom stereocenters. The van der Waals surface area contributed by atoms with Crippen LogP contribution >= 0.6 is 27.5 Å². The maximum absolute atomic E-state index is 11.8. The van der Waals surface area contributed by atoms with Gasteiger partial charge in [0.1, 0.15) is 0 Å². The number of carbonyl (C=O) groups excluding carboxylic acids is 1. The predicted octanol–water partition coefficient (Wildman–Crippen LogP) is 4.22. The van der Waals surface area contributed by atoms with Crippen LogP contribution in [0.4, 0.5) is 5.69 Å². The maximum atomic E-state index is 11.8. The van der Waals surface area contributed by atoms with Gasteiger partial charge in [-0.3, -0.25) is 4.79 Å². The van der Waals surface area contributed by atoms with E-state index in [1.807, 2.05) is 48.5 Å². The van der Waals surface area contributed by atoms with Gasteiger partial charge < -0.3 is 10.6 Å². The van der Waals surface area contributed by atoms with Gasteiger partial charge >= 0.3 is 0 Å². The Kier molecular flexibility index (Phi) is 6.23. The monoisotopic (exact) mass is 366 g/mol. The second kappa shape index (κ2) is 8.17. The molecule has 0 aliphatic heterocycles. The van der Waals surface area contributed by atoms with E-state index in [9.17, 15) is 4.79 Å². The highest BCUT2D eigenvalue weighted by Crippen LogP contribution is 2.15. The molecule has 2 N–H and O–H groups in total. The summed E-state index contributed by atoms with van der Waals surface area (Å²) in [5.74, 6) is -0.00305. The largest absolute Gasteiger partial charge is 0.326 e. The first-order chi connectivity index (χ1) is 10.1. The van der Waals surface area contributed by atoms with Crippen molar-refractivity contribution >= 4 is 39.1 Å². The van der Waals surface area contributed by atoms with E-state index >= 15 is 0 Å². The molecule has 1 amide bonds. The van der Waals surface area contributed by atoms with Crippen LogP contribution in [0.2, 0.25) is 5.02 Å². The molecule has 0 aromatic heterocycles. The molecule has 0 bridgehead atoms. The highest BCUT2D eigenvalue weighted by atomic mass is 79.9.